The summed E-state index contributed by atoms with van der Waals surface area (Å²) >= 11 is 0. The fourth-order valence-electron chi connectivity index (χ4n) is 2.55. The molecule has 0 aliphatic rings. The van der Waals surface area contributed by atoms with Crippen LogP contribution in [0.25, 0.3) is 11.1 Å². The van der Waals surface area contributed by atoms with Crippen LogP contribution in [0.2, 0.25) is 0 Å². The van der Waals surface area contributed by atoms with Crippen LogP contribution in [-0.2, 0) is 15.6 Å². The average Bonchev–Trinajstić information content (AvgIpc) is 2.58. The zero-order valence-corrected chi connectivity index (χ0v) is 13.8. The minimum absolute atomic E-state index is 0.115. The molecule has 0 amide bonds. The van der Waals surface area contributed by atoms with Crippen molar-refractivity contribution in [2.75, 3.05) is 0 Å². The van der Waals surface area contributed by atoms with Gasteiger partial charge in [0, 0.05) is 17.2 Å². The number of phenolic OH excluding ortho intramolecular Hbond substituents is 1. The van der Waals surface area contributed by atoms with E-state index in [-0.39, 0.29) is 16.0 Å². The van der Waals surface area contributed by atoms with Crippen molar-refractivity contribution in [2.45, 2.75) is 10.6 Å². The Labute approximate surface area is 144 Å². The molecule has 6 heteroatoms. The quantitative estimate of drug-likeness (QED) is 0.754. The zero-order chi connectivity index (χ0) is 18.0. The monoisotopic (exact) mass is 360 g/mol. The van der Waals surface area contributed by atoms with E-state index in [0.717, 1.165) is 0 Å². The molecule has 3 aromatic rings. The van der Waals surface area contributed by atoms with Crippen LogP contribution in [0.3, 0.4) is 0 Å². The molecule has 0 radical (unpaired) electrons. The molecule has 3 nitrogen and oxygen atoms in total. The average molecular weight is 360 g/mol. The molecule has 0 bridgehead atoms. The van der Waals surface area contributed by atoms with Gasteiger partial charge in [-0.2, -0.15) is 0 Å². The molecule has 128 valence electrons. The molecule has 1 N–H and O–H groups in total. The van der Waals surface area contributed by atoms with E-state index in [4.69, 9.17) is 0 Å². The molecule has 0 heterocycles. The highest BCUT2D eigenvalue weighted by molar-refractivity contribution is 7.90. The van der Waals surface area contributed by atoms with Crippen LogP contribution in [0.15, 0.2) is 71.6 Å². The molecule has 0 aliphatic heterocycles. The SMILES string of the molecule is O=S(=O)(Cc1cc(-c2ccccc2)c(F)cc1F)c1ccccc1O. The molecule has 0 fully saturated rings. The van der Waals surface area contributed by atoms with Crippen LogP contribution in [0.1, 0.15) is 5.56 Å². The largest absolute Gasteiger partial charge is 0.507 e. The number of sulfone groups is 1. The Kier molecular flexibility index (Phi) is 4.55. The van der Waals surface area contributed by atoms with E-state index < -0.39 is 33.0 Å². The van der Waals surface area contributed by atoms with Crippen molar-refractivity contribution in [1.82, 2.24) is 0 Å². The van der Waals surface area contributed by atoms with Crippen LogP contribution in [0.4, 0.5) is 8.78 Å². The summed E-state index contributed by atoms with van der Waals surface area (Å²) in [5, 5.41) is 9.74. The summed E-state index contributed by atoms with van der Waals surface area (Å²) in [7, 11) is -3.99. The zero-order valence-electron chi connectivity index (χ0n) is 13.0. The summed E-state index contributed by atoms with van der Waals surface area (Å²) in [6, 6.07) is 15.8. The molecule has 0 unspecified atom stereocenters. The molecule has 0 spiro atoms. The first-order chi connectivity index (χ1) is 11.9. The van der Waals surface area contributed by atoms with Crippen molar-refractivity contribution in [3.63, 3.8) is 0 Å². The maximum absolute atomic E-state index is 14.1. The van der Waals surface area contributed by atoms with Crippen LogP contribution in [0, 0.1) is 11.6 Å². The Bertz CT molecular complexity index is 1020. The standard InChI is InChI=1S/C19H14F2O3S/c20-16-11-17(21)15(13-6-2-1-3-7-13)10-14(16)12-25(23,24)19-9-5-4-8-18(19)22/h1-11,22H,12H2. The highest BCUT2D eigenvalue weighted by Gasteiger charge is 2.22. The summed E-state index contributed by atoms with van der Waals surface area (Å²) in [4.78, 5) is -0.292. The Hall–Kier alpha value is -2.73. The van der Waals surface area contributed by atoms with E-state index in [2.05, 4.69) is 0 Å². The number of aromatic hydroxyl groups is 1. The normalized spacial score (nSPS) is 11.4. The summed E-state index contributed by atoms with van der Waals surface area (Å²) in [5.74, 6) is -2.81. The molecular formula is C19H14F2O3S. The van der Waals surface area contributed by atoms with E-state index in [1.807, 2.05) is 0 Å². The summed E-state index contributed by atoms with van der Waals surface area (Å²) < 4.78 is 53.2. The molecule has 0 aromatic heterocycles. The predicted octanol–water partition coefficient (Wildman–Crippen LogP) is 4.31. The highest BCUT2D eigenvalue weighted by Crippen LogP contribution is 2.30. The summed E-state index contributed by atoms with van der Waals surface area (Å²) in [5.41, 5.74) is 0.467. The second-order valence-corrected chi connectivity index (χ2v) is 7.47. The Balaban J connectivity index is 2.05. The van der Waals surface area contributed by atoms with Gasteiger partial charge in [-0.3, -0.25) is 0 Å². The minimum atomic E-state index is -3.99. The van der Waals surface area contributed by atoms with E-state index in [9.17, 15) is 22.3 Å². The van der Waals surface area contributed by atoms with Crippen LogP contribution in [-0.4, -0.2) is 13.5 Å². The maximum atomic E-state index is 14.1. The van der Waals surface area contributed by atoms with Gasteiger partial charge in [0.1, 0.15) is 22.3 Å². The second-order valence-electron chi connectivity index (χ2n) is 5.52. The number of rotatable bonds is 4. The molecular weight excluding hydrogens is 346 g/mol. The first kappa shape index (κ1) is 17.1. The van der Waals surface area contributed by atoms with Crippen molar-refractivity contribution in [1.29, 1.82) is 0 Å². The predicted molar refractivity (Wildman–Crippen MR) is 90.8 cm³/mol. The first-order valence-corrected chi connectivity index (χ1v) is 9.08. The van der Waals surface area contributed by atoms with Gasteiger partial charge in [-0.1, -0.05) is 42.5 Å². The lowest BCUT2D eigenvalue weighted by molar-refractivity contribution is 0.458. The lowest BCUT2D eigenvalue weighted by Crippen LogP contribution is -2.07. The molecule has 0 saturated carbocycles. The third kappa shape index (κ3) is 3.53. The summed E-state index contributed by atoms with van der Waals surface area (Å²) in [6.45, 7) is 0. The van der Waals surface area contributed by atoms with Gasteiger partial charge < -0.3 is 5.11 Å². The molecule has 25 heavy (non-hydrogen) atoms. The maximum Gasteiger partial charge on any atom is 0.186 e. The number of hydrogen-bond donors (Lipinski definition) is 1. The Morgan fingerprint density at radius 3 is 2.16 bits per heavy atom. The molecule has 3 aromatic carbocycles. The van der Waals surface area contributed by atoms with Crippen molar-refractivity contribution in [3.05, 3.63) is 83.9 Å². The third-order valence-corrected chi connectivity index (χ3v) is 5.47. The number of para-hydroxylation sites is 1. The molecule has 3 rings (SSSR count). The van der Waals surface area contributed by atoms with E-state index in [1.54, 1.807) is 30.3 Å². The topological polar surface area (TPSA) is 54.4 Å². The smallest absolute Gasteiger partial charge is 0.186 e. The number of hydrogen-bond acceptors (Lipinski definition) is 3. The van der Waals surface area contributed by atoms with Crippen molar-refractivity contribution >= 4 is 9.84 Å². The van der Waals surface area contributed by atoms with Gasteiger partial charge in [0.15, 0.2) is 9.84 Å². The van der Waals surface area contributed by atoms with Gasteiger partial charge in [0.05, 0.1) is 5.75 Å². The van der Waals surface area contributed by atoms with Crippen molar-refractivity contribution in [3.8, 4) is 16.9 Å². The van der Waals surface area contributed by atoms with Gasteiger partial charge in [0.2, 0.25) is 0 Å². The van der Waals surface area contributed by atoms with Gasteiger partial charge in [0.25, 0.3) is 0 Å². The highest BCUT2D eigenvalue weighted by atomic mass is 32.2. The minimum Gasteiger partial charge on any atom is -0.507 e. The Morgan fingerprint density at radius 1 is 0.840 bits per heavy atom. The van der Waals surface area contributed by atoms with Gasteiger partial charge >= 0.3 is 0 Å². The van der Waals surface area contributed by atoms with Gasteiger partial charge in [-0.05, 0) is 23.8 Å². The van der Waals surface area contributed by atoms with Crippen molar-refractivity contribution < 1.29 is 22.3 Å². The molecule has 0 saturated heterocycles. The number of halogens is 2. The van der Waals surface area contributed by atoms with E-state index in [0.29, 0.717) is 11.6 Å². The fourth-order valence-corrected chi connectivity index (χ4v) is 4.00. The van der Waals surface area contributed by atoms with Crippen LogP contribution in [0.5, 0.6) is 5.75 Å². The third-order valence-electron chi connectivity index (χ3n) is 3.77. The molecule has 0 aliphatic carbocycles. The van der Waals surface area contributed by atoms with Gasteiger partial charge in [-0.25, -0.2) is 17.2 Å². The number of benzene rings is 3. The lowest BCUT2D eigenvalue weighted by atomic mass is 10.0. The summed E-state index contributed by atoms with van der Waals surface area (Å²) in [6.07, 6.45) is 0. The number of phenols is 1. The van der Waals surface area contributed by atoms with Crippen LogP contribution >= 0.6 is 0 Å². The lowest BCUT2D eigenvalue weighted by Gasteiger charge is -2.10. The Morgan fingerprint density at radius 2 is 1.48 bits per heavy atom. The van der Waals surface area contributed by atoms with Gasteiger partial charge in [-0.15, -0.1) is 0 Å². The van der Waals surface area contributed by atoms with Crippen molar-refractivity contribution in [2.24, 2.45) is 0 Å². The molecule has 0 atom stereocenters. The van der Waals surface area contributed by atoms with Crippen LogP contribution < -0.4 is 0 Å². The van der Waals surface area contributed by atoms with E-state index >= 15 is 0 Å². The second kappa shape index (κ2) is 6.64. The first-order valence-electron chi connectivity index (χ1n) is 7.42. The fraction of sp³-hybridized carbons (Fsp3) is 0.0526. The van der Waals surface area contributed by atoms with E-state index in [1.165, 1.54) is 30.3 Å².